The van der Waals surface area contributed by atoms with Crippen LogP contribution in [0.1, 0.15) is 5.56 Å². The van der Waals surface area contributed by atoms with E-state index in [9.17, 15) is 5.26 Å². The molecule has 0 saturated heterocycles. The van der Waals surface area contributed by atoms with Gasteiger partial charge in [-0.05, 0) is 155 Å². The van der Waals surface area contributed by atoms with E-state index in [0.717, 1.165) is 66.7 Å². The van der Waals surface area contributed by atoms with Crippen molar-refractivity contribution in [2.24, 2.45) is 0 Å². The van der Waals surface area contributed by atoms with Crippen LogP contribution in [0, 0.1) is 11.3 Å². The van der Waals surface area contributed by atoms with Crippen LogP contribution in [0.4, 0.5) is 0 Å². The zero-order chi connectivity index (χ0) is 44.4. The van der Waals surface area contributed by atoms with Crippen LogP contribution in [-0.2, 0) is 0 Å². The monoisotopic (exact) mass is 849 g/mol. The quantitative estimate of drug-likeness (QED) is 0.156. The van der Waals surface area contributed by atoms with Crippen molar-refractivity contribution in [3.8, 4) is 67.7 Å². The van der Waals surface area contributed by atoms with Crippen LogP contribution in [-0.4, -0.2) is 9.55 Å². The highest BCUT2D eigenvalue weighted by Gasteiger charge is 2.21. The summed E-state index contributed by atoms with van der Waals surface area (Å²) in [4.78, 5) is 5.24. The molecule has 11 aromatic carbocycles. The van der Waals surface area contributed by atoms with Crippen molar-refractivity contribution in [3.05, 3.63) is 242 Å². The molecule has 3 heteroatoms. The number of aromatic nitrogens is 2. The molecule has 0 N–H and O–H groups in total. The third-order valence-electron chi connectivity index (χ3n) is 13.5. The maximum absolute atomic E-state index is 10.0. The maximum Gasteiger partial charge on any atom is 0.0991 e. The van der Waals surface area contributed by atoms with Gasteiger partial charge in [-0.2, -0.15) is 5.26 Å². The predicted molar refractivity (Wildman–Crippen MR) is 280 cm³/mol. The van der Waals surface area contributed by atoms with Gasteiger partial charge in [0.2, 0.25) is 0 Å². The number of fused-ring (bicyclic) bond motifs is 7. The highest BCUT2D eigenvalue weighted by molar-refractivity contribution is 6.23. The Bertz CT molecular complexity index is 4160. The molecular formula is C64H39N3. The van der Waals surface area contributed by atoms with E-state index in [0.29, 0.717) is 5.56 Å². The summed E-state index contributed by atoms with van der Waals surface area (Å²) in [6, 6.07) is 87.4. The third-order valence-corrected chi connectivity index (χ3v) is 13.5. The number of hydrogen-bond donors (Lipinski definition) is 0. The zero-order valence-electron chi connectivity index (χ0n) is 36.4. The Kier molecular flexibility index (Phi) is 8.91. The standard InChI is InChI=1S/C64H39N3/c65-40-41-22-32-61-55(34-41)56-37-48(29-33-62(56)67(61)52-18-5-2-6-19-52)47-27-30-53-57(38-47)63(50-25-23-42-12-7-9-16-45(42)35-50)54-31-28-49(60-21-11-20-59(66-60)44-14-3-1-4-15-44)39-58(54)64(53)51-26-24-43-13-8-10-17-46(43)36-51/h1-39H. The average molecular weight is 850 g/mol. The van der Waals surface area contributed by atoms with Gasteiger partial charge in [0.1, 0.15) is 0 Å². The van der Waals surface area contributed by atoms with Gasteiger partial charge in [0.25, 0.3) is 0 Å². The summed E-state index contributed by atoms with van der Waals surface area (Å²) in [5.41, 5.74) is 14.9. The molecule has 0 amide bonds. The number of hydrogen-bond acceptors (Lipinski definition) is 2. The van der Waals surface area contributed by atoms with E-state index in [-0.39, 0.29) is 0 Å². The molecule has 0 aliphatic rings. The molecule has 0 atom stereocenters. The van der Waals surface area contributed by atoms with Crippen molar-refractivity contribution in [1.82, 2.24) is 9.55 Å². The van der Waals surface area contributed by atoms with Crippen LogP contribution in [0.5, 0.6) is 0 Å². The smallest absolute Gasteiger partial charge is 0.0991 e. The first-order valence-electron chi connectivity index (χ1n) is 22.7. The molecule has 67 heavy (non-hydrogen) atoms. The molecule has 0 aliphatic carbocycles. The van der Waals surface area contributed by atoms with Gasteiger partial charge in [0.05, 0.1) is 34.1 Å². The molecule has 13 aromatic rings. The Morgan fingerprint density at radius 3 is 1.42 bits per heavy atom. The molecule has 0 aliphatic heterocycles. The van der Waals surface area contributed by atoms with Crippen molar-refractivity contribution in [3.63, 3.8) is 0 Å². The highest BCUT2D eigenvalue weighted by Crippen LogP contribution is 2.47. The number of nitriles is 1. The van der Waals surface area contributed by atoms with Crippen LogP contribution >= 0.6 is 0 Å². The van der Waals surface area contributed by atoms with Gasteiger partial charge in [0, 0.05) is 27.6 Å². The molecule has 0 spiro atoms. The second-order valence-electron chi connectivity index (χ2n) is 17.4. The van der Waals surface area contributed by atoms with E-state index in [1.54, 1.807) is 0 Å². The Hall–Kier alpha value is -9.10. The summed E-state index contributed by atoms with van der Waals surface area (Å²) < 4.78 is 2.30. The van der Waals surface area contributed by atoms with Gasteiger partial charge < -0.3 is 4.57 Å². The Balaban J connectivity index is 1.10. The first-order chi connectivity index (χ1) is 33.1. The number of nitrogens with zero attached hydrogens (tertiary/aromatic N) is 3. The third kappa shape index (κ3) is 6.46. The summed E-state index contributed by atoms with van der Waals surface area (Å²) in [6.07, 6.45) is 0. The largest absolute Gasteiger partial charge is 0.309 e. The minimum absolute atomic E-state index is 0.645. The van der Waals surface area contributed by atoms with E-state index in [2.05, 4.69) is 223 Å². The number of benzene rings is 11. The van der Waals surface area contributed by atoms with Crippen LogP contribution in [0.3, 0.4) is 0 Å². The number of pyridine rings is 1. The topological polar surface area (TPSA) is 41.6 Å². The first kappa shape index (κ1) is 38.4. The van der Waals surface area contributed by atoms with E-state index < -0.39 is 0 Å². The SMILES string of the molecule is N#Cc1ccc2c(c1)c1cc(-c3ccc4c(-c5ccc6ccccc6c5)c5cc(-c6cccc(-c7ccccc7)n6)ccc5c(-c5ccc6ccccc6c5)c4c3)ccc1n2-c1ccccc1. The van der Waals surface area contributed by atoms with Gasteiger partial charge in [-0.3, -0.25) is 0 Å². The van der Waals surface area contributed by atoms with E-state index in [4.69, 9.17) is 4.98 Å². The van der Waals surface area contributed by atoms with E-state index in [1.807, 2.05) is 24.3 Å². The minimum atomic E-state index is 0.645. The summed E-state index contributed by atoms with van der Waals surface area (Å²) in [6.45, 7) is 0. The molecule has 310 valence electrons. The fraction of sp³-hybridized carbons (Fsp3) is 0. The number of para-hydroxylation sites is 1. The summed E-state index contributed by atoms with van der Waals surface area (Å²) >= 11 is 0. The minimum Gasteiger partial charge on any atom is -0.309 e. The lowest BCUT2D eigenvalue weighted by Gasteiger charge is -2.20. The van der Waals surface area contributed by atoms with Gasteiger partial charge in [-0.25, -0.2) is 4.98 Å². The molecule has 0 radical (unpaired) electrons. The molecule has 3 nitrogen and oxygen atoms in total. The van der Waals surface area contributed by atoms with Crippen molar-refractivity contribution < 1.29 is 0 Å². The molecule has 2 heterocycles. The van der Waals surface area contributed by atoms with E-state index >= 15 is 0 Å². The molecule has 0 bridgehead atoms. The van der Waals surface area contributed by atoms with Crippen molar-refractivity contribution in [2.75, 3.05) is 0 Å². The molecule has 0 unspecified atom stereocenters. The van der Waals surface area contributed by atoms with Crippen LogP contribution in [0.25, 0.3) is 126 Å². The van der Waals surface area contributed by atoms with Crippen LogP contribution < -0.4 is 0 Å². The van der Waals surface area contributed by atoms with Crippen molar-refractivity contribution in [1.29, 1.82) is 5.26 Å². The zero-order valence-corrected chi connectivity index (χ0v) is 36.4. The lowest BCUT2D eigenvalue weighted by molar-refractivity contribution is 1.18. The number of rotatable bonds is 6. The molecule has 0 saturated carbocycles. The first-order valence-corrected chi connectivity index (χ1v) is 22.7. The summed E-state index contributed by atoms with van der Waals surface area (Å²) in [7, 11) is 0. The van der Waals surface area contributed by atoms with Gasteiger partial charge in [-0.1, -0.05) is 158 Å². The lowest BCUT2D eigenvalue weighted by Crippen LogP contribution is -1.94. The lowest BCUT2D eigenvalue weighted by atomic mass is 9.83. The Labute approximate surface area is 387 Å². The Morgan fingerprint density at radius 2 is 0.791 bits per heavy atom. The molecular weight excluding hydrogens is 811 g/mol. The van der Waals surface area contributed by atoms with Crippen molar-refractivity contribution >= 4 is 64.9 Å². The maximum atomic E-state index is 10.0. The predicted octanol–water partition coefficient (Wildman–Crippen LogP) is 17.0. The average Bonchev–Trinajstić information content (AvgIpc) is 3.73. The second-order valence-corrected chi connectivity index (χ2v) is 17.4. The van der Waals surface area contributed by atoms with Crippen LogP contribution in [0.15, 0.2) is 237 Å². The van der Waals surface area contributed by atoms with E-state index in [1.165, 1.54) is 59.8 Å². The normalized spacial score (nSPS) is 11.6. The second kappa shape index (κ2) is 15.6. The Morgan fingerprint density at radius 1 is 0.313 bits per heavy atom. The summed E-state index contributed by atoms with van der Waals surface area (Å²) in [5.74, 6) is 0. The molecule has 2 aromatic heterocycles. The van der Waals surface area contributed by atoms with Crippen molar-refractivity contribution in [2.45, 2.75) is 0 Å². The highest BCUT2D eigenvalue weighted by atomic mass is 15.0. The van der Waals surface area contributed by atoms with Gasteiger partial charge in [-0.15, -0.1) is 0 Å². The summed E-state index contributed by atoms with van der Waals surface area (Å²) in [5, 5.41) is 21.7. The molecule has 13 rings (SSSR count). The van der Waals surface area contributed by atoms with Crippen LogP contribution in [0.2, 0.25) is 0 Å². The van der Waals surface area contributed by atoms with Gasteiger partial charge >= 0.3 is 0 Å². The fourth-order valence-corrected chi connectivity index (χ4v) is 10.4. The molecule has 0 fully saturated rings. The van der Waals surface area contributed by atoms with Gasteiger partial charge in [0.15, 0.2) is 0 Å². The fourth-order valence-electron chi connectivity index (χ4n) is 10.4.